The fourth-order valence-electron chi connectivity index (χ4n) is 2.66. The van der Waals surface area contributed by atoms with Gasteiger partial charge in [0, 0.05) is 16.3 Å². The molecule has 2 rings (SSSR count). The van der Waals surface area contributed by atoms with Crippen LogP contribution in [0.25, 0.3) is 0 Å². The molecule has 102 valence electrons. The van der Waals surface area contributed by atoms with Crippen LogP contribution in [0.2, 0.25) is 0 Å². The number of hydrogen-bond donors (Lipinski definition) is 1. The molecule has 18 heavy (non-hydrogen) atoms. The number of rotatable bonds is 8. The predicted molar refractivity (Wildman–Crippen MR) is 80.5 cm³/mol. The summed E-state index contributed by atoms with van der Waals surface area (Å²) in [7, 11) is 0. The van der Waals surface area contributed by atoms with Gasteiger partial charge in [-0.05, 0) is 63.5 Å². The molecule has 2 nitrogen and oxygen atoms in total. The summed E-state index contributed by atoms with van der Waals surface area (Å²) in [5.41, 5.74) is 1.62. The summed E-state index contributed by atoms with van der Waals surface area (Å²) in [6.07, 6.45) is 5.27. The molecule has 1 aromatic rings. The third-order valence-electron chi connectivity index (χ3n) is 3.82. The molecular formula is C15H26N2S. The topological polar surface area (TPSA) is 15.3 Å². The Balaban J connectivity index is 1.60. The molecular weight excluding hydrogens is 240 g/mol. The van der Waals surface area contributed by atoms with Crippen molar-refractivity contribution in [1.82, 2.24) is 10.2 Å². The molecule has 1 heterocycles. The molecule has 0 amide bonds. The standard InChI is InChI=1S/C15H26N2S/c1-3-17(4-2)10-6-9-16-12-14-11-13-7-5-8-15(13)18-14/h11,16H,3-10,12H2,1-2H3. The van der Waals surface area contributed by atoms with Crippen molar-refractivity contribution in [2.24, 2.45) is 0 Å². The molecule has 0 saturated carbocycles. The maximum Gasteiger partial charge on any atom is 0.0299 e. The normalized spacial score (nSPS) is 14.4. The van der Waals surface area contributed by atoms with E-state index in [-0.39, 0.29) is 0 Å². The van der Waals surface area contributed by atoms with Gasteiger partial charge in [-0.25, -0.2) is 0 Å². The highest BCUT2D eigenvalue weighted by molar-refractivity contribution is 7.12. The summed E-state index contributed by atoms with van der Waals surface area (Å²) in [5, 5.41) is 3.58. The van der Waals surface area contributed by atoms with E-state index >= 15 is 0 Å². The second-order valence-corrected chi connectivity index (χ2v) is 6.29. The number of nitrogens with one attached hydrogen (secondary N) is 1. The highest BCUT2D eigenvalue weighted by Gasteiger charge is 2.14. The molecule has 1 aromatic heterocycles. The summed E-state index contributed by atoms with van der Waals surface area (Å²) in [4.78, 5) is 5.67. The first kappa shape index (κ1) is 14.0. The van der Waals surface area contributed by atoms with Crippen molar-refractivity contribution in [3.63, 3.8) is 0 Å². The molecule has 1 N–H and O–H groups in total. The Hall–Kier alpha value is -0.380. The van der Waals surface area contributed by atoms with E-state index in [0.717, 1.165) is 13.1 Å². The Kier molecular flexibility index (Phi) is 5.67. The summed E-state index contributed by atoms with van der Waals surface area (Å²) < 4.78 is 0. The molecule has 0 saturated heterocycles. The third kappa shape index (κ3) is 3.81. The molecule has 0 fully saturated rings. The van der Waals surface area contributed by atoms with Crippen LogP contribution in [0, 0.1) is 0 Å². The van der Waals surface area contributed by atoms with Gasteiger partial charge in [0.15, 0.2) is 0 Å². The SMILES string of the molecule is CCN(CC)CCCNCc1cc2c(s1)CCC2. The quantitative estimate of drug-likeness (QED) is 0.728. The minimum Gasteiger partial charge on any atom is -0.312 e. The molecule has 0 unspecified atom stereocenters. The Morgan fingerprint density at radius 1 is 1.28 bits per heavy atom. The van der Waals surface area contributed by atoms with Crippen LogP contribution < -0.4 is 5.32 Å². The van der Waals surface area contributed by atoms with Crippen molar-refractivity contribution in [3.8, 4) is 0 Å². The molecule has 1 aliphatic carbocycles. The van der Waals surface area contributed by atoms with Crippen molar-refractivity contribution < 1.29 is 0 Å². The Morgan fingerprint density at radius 2 is 2.11 bits per heavy atom. The van der Waals surface area contributed by atoms with Crippen molar-refractivity contribution >= 4 is 11.3 Å². The zero-order valence-electron chi connectivity index (χ0n) is 11.8. The summed E-state index contributed by atoms with van der Waals surface area (Å²) in [5.74, 6) is 0. The van der Waals surface area contributed by atoms with Crippen LogP contribution in [0.15, 0.2) is 6.07 Å². The van der Waals surface area contributed by atoms with Crippen LogP contribution in [-0.4, -0.2) is 31.1 Å². The predicted octanol–water partition coefficient (Wildman–Crippen LogP) is 3.06. The molecule has 0 atom stereocenters. The van der Waals surface area contributed by atoms with Crippen LogP contribution in [0.1, 0.15) is 42.0 Å². The van der Waals surface area contributed by atoms with E-state index in [1.807, 2.05) is 11.3 Å². The van der Waals surface area contributed by atoms with Gasteiger partial charge in [0.25, 0.3) is 0 Å². The van der Waals surface area contributed by atoms with Gasteiger partial charge in [-0.3, -0.25) is 0 Å². The molecule has 0 radical (unpaired) electrons. The fraction of sp³-hybridized carbons (Fsp3) is 0.733. The lowest BCUT2D eigenvalue weighted by atomic mass is 10.2. The highest BCUT2D eigenvalue weighted by atomic mass is 32.1. The maximum atomic E-state index is 3.58. The van der Waals surface area contributed by atoms with E-state index in [2.05, 4.69) is 30.1 Å². The maximum absolute atomic E-state index is 3.58. The van der Waals surface area contributed by atoms with E-state index in [1.165, 1.54) is 50.2 Å². The van der Waals surface area contributed by atoms with Gasteiger partial charge in [-0.1, -0.05) is 13.8 Å². The number of fused-ring (bicyclic) bond motifs is 1. The van der Waals surface area contributed by atoms with Crippen molar-refractivity contribution in [3.05, 3.63) is 21.4 Å². The molecule has 0 aliphatic heterocycles. The second kappa shape index (κ2) is 7.27. The second-order valence-electron chi connectivity index (χ2n) is 5.07. The first-order chi connectivity index (χ1) is 8.83. The van der Waals surface area contributed by atoms with Gasteiger partial charge in [0.1, 0.15) is 0 Å². The van der Waals surface area contributed by atoms with Gasteiger partial charge in [-0.2, -0.15) is 0 Å². The summed E-state index contributed by atoms with van der Waals surface area (Å²) in [6.45, 7) is 10.3. The van der Waals surface area contributed by atoms with Crippen LogP contribution in [0.4, 0.5) is 0 Å². The third-order valence-corrected chi connectivity index (χ3v) is 5.06. The van der Waals surface area contributed by atoms with Gasteiger partial charge < -0.3 is 10.2 Å². The first-order valence-electron chi connectivity index (χ1n) is 7.37. The Labute approximate surface area is 115 Å². The smallest absolute Gasteiger partial charge is 0.0299 e. The summed E-state index contributed by atoms with van der Waals surface area (Å²) >= 11 is 2.02. The average molecular weight is 266 g/mol. The van der Waals surface area contributed by atoms with E-state index in [4.69, 9.17) is 0 Å². The monoisotopic (exact) mass is 266 g/mol. The van der Waals surface area contributed by atoms with Gasteiger partial charge in [0.05, 0.1) is 0 Å². The van der Waals surface area contributed by atoms with Crippen LogP contribution >= 0.6 is 11.3 Å². The van der Waals surface area contributed by atoms with Crippen molar-refractivity contribution in [2.45, 2.75) is 46.1 Å². The molecule has 0 spiro atoms. The lowest BCUT2D eigenvalue weighted by molar-refractivity contribution is 0.298. The minimum absolute atomic E-state index is 1.07. The van der Waals surface area contributed by atoms with Gasteiger partial charge in [0.2, 0.25) is 0 Å². The fourth-order valence-corrected chi connectivity index (χ4v) is 3.89. The van der Waals surface area contributed by atoms with Crippen LogP contribution in [0.3, 0.4) is 0 Å². The Morgan fingerprint density at radius 3 is 2.83 bits per heavy atom. The molecule has 3 heteroatoms. The highest BCUT2D eigenvalue weighted by Crippen LogP contribution is 2.30. The zero-order valence-corrected chi connectivity index (χ0v) is 12.6. The van der Waals surface area contributed by atoms with Crippen LogP contribution in [-0.2, 0) is 19.4 Å². The largest absolute Gasteiger partial charge is 0.312 e. The lowest BCUT2D eigenvalue weighted by Gasteiger charge is -2.17. The van der Waals surface area contributed by atoms with Crippen molar-refractivity contribution in [1.29, 1.82) is 0 Å². The summed E-state index contributed by atoms with van der Waals surface area (Å²) in [6, 6.07) is 2.42. The van der Waals surface area contributed by atoms with E-state index in [9.17, 15) is 0 Å². The average Bonchev–Trinajstić information content (AvgIpc) is 2.94. The number of nitrogens with zero attached hydrogens (tertiary/aromatic N) is 1. The van der Waals surface area contributed by atoms with Crippen LogP contribution in [0.5, 0.6) is 0 Å². The van der Waals surface area contributed by atoms with Gasteiger partial charge >= 0.3 is 0 Å². The molecule has 0 aromatic carbocycles. The Bertz CT molecular complexity index is 334. The van der Waals surface area contributed by atoms with E-state index in [1.54, 1.807) is 10.4 Å². The molecule has 1 aliphatic rings. The van der Waals surface area contributed by atoms with Gasteiger partial charge in [-0.15, -0.1) is 11.3 Å². The first-order valence-corrected chi connectivity index (χ1v) is 8.18. The zero-order chi connectivity index (χ0) is 12.8. The van der Waals surface area contributed by atoms with E-state index < -0.39 is 0 Å². The van der Waals surface area contributed by atoms with Crippen molar-refractivity contribution in [2.75, 3.05) is 26.2 Å². The number of thiophene rings is 1. The lowest BCUT2D eigenvalue weighted by Crippen LogP contribution is -2.27. The van der Waals surface area contributed by atoms with E-state index in [0.29, 0.717) is 0 Å². The molecule has 0 bridgehead atoms. The number of aryl methyl sites for hydroxylation is 2. The minimum atomic E-state index is 1.07. The number of hydrogen-bond acceptors (Lipinski definition) is 3.